The van der Waals surface area contributed by atoms with E-state index in [1.807, 2.05) is 13.8 Å². The number of aromatic nitrogens is 2. The van der Waals surface area contributed by atoms with Crippen LogP contribution in [0, 0.1) is 17.0 Å². The van der Waals surface area contributed by atoms with Gasteiger partial charge in [0.1, 0.15) is 30.6 Å². The average Bonchev–Trinajstić information content (AvgIpc) is 3.08. The zero-order valence-corrected chi connectivity index (χ0v) is 28.3. The van der Waals surface area contributed by atoms with Gasteiger partial charge in [-0.3, -0.25) is 24.9 Å². The molecule has 8 N–H and O–H groups in total. The first-order valence-corrected chi connectivity index (χ1v) is 15.4. The molecule has 0 aliphatic rings. The smallest absolute Gasteiger partial charge is 0.478 e. The van der Waals surface area contributed by atoms with Gasteiger partial charge in [0.25, 0.3) is 5.56 Å². The maximum absolute atomic E-state index is 13.7. The molecule has 3 aromatic carbocycles. The van der Waals surface area contributed by atoms with Crippen molar-refractivity contribution in [2.45, 2.75) is 45.8 Å². The second-order valence-corrected chi connectivity index (χ2v) is 11.4. The SMILES string of the molecule is CC(C)Nc1ncc(-c2cc(N)cc(C(=O)O)c2)n(CC(=O)NCc2ccc(C(=N)NC(=O)OCc3c(F)cccc3F)cc2)c1=O.O=C(O)C(F)(F)F. The highest BCUT2D eigenvalue weighted by Crippen LogP contribution is 2.23. The predicted octanol–water partition coefficient (Wildman–Crippen LogP) is 4.49. The quantitative estimate of drug-likeness (QED) is 0.0486. The monoisotopic (exact) mass is 761 g/mol. The Hall–Kier alpha value is -6.86. The number of hydrogen-bond donors (Lipinski definition) is 7. The second kappa shape index (κ2) is 18.1. The number of carbonyl (C=O) groups excluding carboxylic acids is 2. The van der Waals surface area contributed by atoms with Crippen molar-refractivity contribution >= 4 is 41.3 Å². The van der Waals surface area contributed by atoms with E-state index in [2.05, 4.69) is 20.9 Å². The fourth-order valence-electron chi connectivity index (χ4n) is 4.38. The molecule has 1 heterocycles. The molecule has 0 saturated carbocycles. The number of rotatable bonds is 11. The number of alkyl carbamates (subject to hydrolysis) is 1. The molecule has 0 saturated heterocycles. The lowest BCUT2D eigenvalue weighted by Crippen LogP contribution is -2.35. The maximum atomic E-state index is 13.7. The normalized spacial score (nSPS) is 10.8. The van der Waals surface area contributed by atoms with Crippen molar-refractivity contribution in [3.05, 3.63) is 111 Å². The number of amidine groups is 1. The predicted molar refractivity (Wildman–Crippen MR) is 183 cm³/mol. The number of aromatic carboxylic acids is 1. The van der Waals surface area contributed by atoms with E-state index in [0.717, 1.165) is 12.1 Å². The molecule has 0 atom stereocenters. The molecule has 4 rings (SSSR count). The lowest BCUT2D eigenvalue weighted by atomic mass is 10.1. The number of alkyl halides is 3. The van der Waals surface area contributed by atoms with E-state index >= 15 is 0 Å². The largest absolute Gasteiger partial charge is 0.490 e. The fourth-order valence-corrected chi connectivity index (χ4v) is 4.38. The number of aliphatic carboxylic acids is 1. The van der Waals surface area contributed by atoms with Gasteiger partial charge in [-0.25, -0.2) is 28.1 Å². The number of nitrogen functional groups attached to an aromatic ring is 1. The fraction of sp³-hybridized carbons (Fsp3) is 0.206. The van der Waals surface area contributed by atoms with Gasteiger partial charge in [0.15, 0.2) is 5.82 Å². The Kier molecular flexibility index (Phi) is 13.9. The summed E-state index contributed by atoms with van der Waals surface area (Å²) in [6.45, 7) is 2.58. The Labute approximate surface area is 302 Å². The van der Waals surface area contributed by atoms with Crippen molar-refractivity contribution in [3.63, 3.8) is 0 Å². The number of nitrogens with zero attached hydrogens (tertiary/aromatic N) is 2. The highest BCUT2D eigenvalue weighted by atomic mass is 19.4. The highest BCUT2D eigenvalue weighted by molar-refractivity contribution is 6.04. The van der Waals surface area contributed by atoms with E-state index in [4.69, 9.17) is 25.8 Å². The molecule has 54 heavy (non-hydrogen) atoms. The van der Waals surface area contributed by atoms with Crippen LogP contribution in [-0.2, 0) is 34.0 Å². The third-order valence-corrected chi connectivity index (χ3v) is 6.89. The van der Waals surface area contributed by atoms with Crippen LogP contribution < -0.4 is 27.2 Å². The summed E-state index contributed by atoms with van der Waals surface area (Å²) in [6, 6.07) is 13.4. The summed E-state index contributed by atoms with van der Waals surface area (Å²) < 4.78 is 65.2. The van der Waals surface area contributed by atoms with Crippen LogP contribution in [0.3, 0.4) is 0 Å². The Bertz CT molecular complexity index is 2090. The molecule has 0 radical (unpaired) electrons. The first-order valence-electron chi connectivity index (χ1n) is 15.4. The molecule has 20 heteroatoms. The van der Waals surface area contributed by atoms with E-state index < -0.39 is 66.0 Å². The van der Waals surface area contributed by atoms with Crippen molar-refractivity contribution in [2.75, 3.05) is 11.1 Å². The lowest BCUT2D eigenvalue weighted by Gasteiger charge is -2.17. The van der Waals surface area contributed by atoms with Crippen LogP contribution >= 0.6 is 0 Å². The Morgan fingerprint density at radius 1 is 0.981 bits per heavy atom. The van der Waals surface area contributed by atoms with Crippen molar-refractivity contribution in [3.8, 4) is 11.3 Å². The molecule has 0 aliphatic heterocycles. The number of carboxylic acids is 2. The summed E-state index contributed by atoms with van der Waals surface area (Å²) in [6.07, 6.45) is -4.81. The van der Waals surface area contributed by atoms with Crippen LogP contribution in [0.1, 0.15) is 40.9 Å². The molecule has 0 fully saturated rings. The van der Waals surface area contributed by atoms with Gasteiger partial charge in [0, 0.05) is 29.4 Å². The second-order valence-electron chi connectivity index (χ2n) is 11.4. The number of carboxylic acid groups (broad SMARTS) is 2. The molecule has 2 amide bonds. The van der Waals surface area contributed by atoms with E-state index in [1.165, 1.54) is 47.2 Å². The van der Waals surface area contributed by atoms with Gasteiger partial charge < -0.3 is 31.3 Å². The van der Waals surface area contributed by atoms with Crippen LogP contribution in [0.15, 0.2) is 71.7 Å². The van der Waals surface area contributed by atoms with Crippen LogP contribution in [0.25, 0.3) is 11.3 Å². The van der Waals surface area contributed by atoms with E-state index in [9.17, 15) is 46.2 Å². The van der Waals surface area contributed by atoms with Gasteiger partial charge >= 0.3 is 24.2 Å². The topological polar surface area (TPSA) is 239 Å². The zero-order chi connectivity index (χ0) is 40.3. The van der Waals surface area contributed by atoms with Crippen LogP contribution in [0.5, 0.6) is 0 Å². The van der Waals surface area contributed by atoms with Crippen LogP contribution in [0.4, 0.5) is 38.3 Å². The van der Waals surface area contributed by atoms with Crippen molar-refractivity contribution in [1.82, 2.24) is 20.2 Å². The van der Waals surface area contributed by atoms with E-state index in [0.29, 0.717) is 5.56 Å². The number of carbonyl (C=O) groups is 4. The number of anilines is 2. The first kappa shape index (κ1) is 41.6. The lowest BCUT2D eigenvalue weighted by molar-refractivity contribution is -0.192. The van der Waals surface area contributed by atoms with E-state index in [1.54, 1.807) is 12.1 Å². The van der Waals surface area contributed by atoms with Crippen LogP contribution in [0.2, 0.25) is 0 Å². The zero-order valence-electron chi connectivity index (χ0n) is 28.3. The standard InChI is InChI=1S/C32H31F2N7O6.C2HF3O2/c1-17(2)39-29-30(43)41(26(14-38-29)20-10-21(31(44)45)12-22(35)11-20)15-27(42)37-13-18-6-8-19(9-7-18)28(36)40-32(46)47-16-23-24(33)4-3-5-25(23)34;3-2(4,5)1(6)7/h3-12,14,17H,13,15-16,35H2,1-2H3,(H,37,42)(H,38,39)(H,44,45)(H2,36,40,46);(H,6,7). The molecule has 0 unspecified atom stereocenters. The van der Waals surface area contributed by atoms with Crippen molar-refractivity contribution in [2.24, 2.45) is 0 Å². The number of nitrogens with two attached hydrogens (primary N) is 1. The van der Waals surface area contributed by atoms with Gasteiger partial charge in [0.2, 0.25) is 5.91 Å². The highest BCUT2D eigenvalue weighted by Gasteiger charge is 2.38. The Balaban J connectivity index is 0.00000102. The molecule has 1 aromatic heterocycles. The minimum atomic E-state index is -5.08. The maximum Gasteiger partial charge on any atom is 0.490 e. The van der Waals surface area contributed by atoms with Gasteiger partial charge in [0.05, 0.1) is 23.0 Å². The Morgan fingerprint density at radius 3 is 2.15 bits per heavy atom. The molecule has 0 bridgehead atoms. The molecular weight excluding hydrogens is 729 g/mol. The van der Waals surface area contributed by atoms with Gasteiger partial charge in [-0.15, -0.1) is 0 Å². The number of ether oxygens (including phenoxy) is 1. The molecule has 4 aromatic rings. The summed E-state index contributed by atoms with van der Waals surface area (Å²) in [5, 5.41) is 32.5. The summed E-state index contributed by atoms with van der Waals surface area (Å²) in [5.41, 5.74) is 6.30. The Morgan fingerprint density at radius 2 is 1.59 bits per heavy atom. The van der Waals surface area contributed by atoms with Gasteiger partial charge in [-0.05, 0) is 49.7 Å². The minimum absolute atomic E-state index is 0.00818. The first-order chi connectivity index (χ1) is 25.3. The van der Waals surface area contributed by atoms with Crippen molar-refractivity contribution < 1.29 is 56.1 Å². The summed E-state index contributed by atoms with van der Waals surface area (Å²) in [7, 11) is 0. The number of amides is 2. The molecular formula is C34H32F5N7O8. The molecule has 286 valence electrons. The summed E-state index contributed by atoms with van der Waals surface area (Å²) in [4.78, 5) is 63.1. The van der Waals surface area contributed by atoms with E-state index in [-0.39, 0.29) is 52.3 Å². The average molecular weight is 762 g/mol. The number of hydrogen-bond acceptors (Lipinski definition) is 10. The van der Waals surface area contributed by atoms with Crippen LogP contribution in [-0.4, -0.2) is 61.8 Å². The number of benzene rings is 3. The van der Waals surface area contributed by atoms with Crippen molar-refractivity contribution in [1.29, 1.82) is 5.41 Å². The summed E-state index contributed by atoms with van der Waals surface area (Å²) in [5.74, 6) is -6.57. The summed E-state index contributed by atoms with van der Waals surface area (Å²) >= 11 is 0. The molecule has 15 nitrogen and oxygen atoms in total. The third kappa shape index (κ3) is 11.9. The van der Waals surface area contributed by atoms with Gasteiger partial charge in [-0.2, -0.15) is 13.2 Å². The minimum Gasteiger partial charge on any atom is -0.478 e. The molecule has 0 spiro atoms. The number of nitrogens with one attached hydrogen (secondary N) is 4. The number of halogens is 5. The third-order valence-electron chi connectivity index (χ3n) is 6.89. The molecule has 0 aliphatic carbocycles. The van der Waals surface area contributed by atoms with Gasteiger partial charge in [-0.1, -0.05) is 30.3 Å².